The van der Waals surface area contributed by atoms with Crippen LogP contribution in [-0.2, 0) is 9.59 Å². The van der Waals surface area contributed by atoms with Crippen LogP contribution in [0.3, 0.4) is 0 Å². The van der Waals surface area contributed by atoms with Gasteiger partial charge >= 0.3 is 0 Å². The Kier molecular flexibility index (Phi) is 4.96. The molecule has 5 nitrogen and oxygen atoms in total. The predicted molar refractivity (Wildman–Crippen MR) is 81.1 cm³/mol. The maximum absolute atomic E-state index is 12.4. The Balaban J connectivity index is 1.91. The molecule has 1 saturated carbocycles. The zero-order chi connectivity index (χ0) is 14.6. The highest BCUT2D eigenvalue weighted by Crippen LogP contribution is 2.36. The van der Waals surface area contributed by atoms with Crippen LogP contribution in [0.15, 0.2) is 0 Å². The molecule has 2 amide bonds. The molecule has 2 fully saturated rings. The van der Waals surface area contributed by atoms with Crippen LogP contribution in [0.5, 0.6) is 0 Å². The molecular formula is C14H23N3O2S. The zero-order valence-electron chi connectivity index (χ0n) is 11.8. The summed E-state index contributed by atoms with van der Waals surface area (Å²) in [6, 6.07) is 0. The zero-order valence-corrected chi connectivity index (χ0v) is 12.6. The summed E-state index contributed by atoms with van der Waals surface area (Å²) in [6.07, 6.45) is 6.55. The van der Waals surface area contributed by atoms with E-state index in [0.717, 1.165) is 45.2 Å². The molecule has 1 aliphatic heterocycles. The number of rotatable bonds is 4. The van der Waals surface area contributed by atoms with Crippen molar-refractivity contribution in [1.82, 2.24) is 10.2 Å². The molecule has 1 saturated heterocycles. The lowest BCUT2D eigenvalue weighted by molar-refractivity contribution is -0.134. The topological polar surface area (TPSA) is 75.4 Å². The fourth-order valence-corrected chi connectivity index (χ4v) is 3.44. The van der Waals surface area contributed by atoms with Crippen molar-refractivity contribution in [2.75, 3.05) is 19.6 Å². The van der Waals surface area contributed by atoms with E-state index in [0.29, 0.717) is 12.8 Å². The van der Waals surface area contributed by atoms with E-state index in [2.05, 4.69) is 5.32 Å². The van der Waals surface area contributed by atoms with Crippen LogP contribution in [0.2, 0.25) is 0 Å². The number of nitrogens with two attached hydrogens (primary N) is 1. The van der Waals surface area contributed by atoms with Gasteiger partial charge in [0.2, 0.25) is 11.8 Å². The van der Waals surface area contributed by atoms with Crippen LogP contribution in [0.1, 0.15) is 44.9 Å². The van der Waals surface area contributed by atoms with Gasteiger partial charge in [0.15, 0.2) is 0 Å². The molecule has 0 aromatic carbocycles. The standard InChI is InChI=1S/C14H23N3O2S/c15-12(20)14(6-2-1-3-7-14)13(19)16-10-11(18)17-8-4-5-9-17/h1-10H2,(H2,15,20)(H,16,19). The van der Waals surface area contributed by atoms with Crippen LogP contribution < -0.4 is 11.1 Å². The van der Waals surface area contributed by atoms with Crippen LogP contribution >= 0.6 is 12.2 Å². The first-order valence-electron chi connectivity index (χ1n) is 7.42. The smallest absolute Gasteiger partial charge is 0.241 e. The minimum atomic E-state index is -0.737. The van der Waals surface area contributed by atoms with Gasteiger partial charge in [-0.05, 0) is 25.7 Å². The predicted octanol–water partition coefficient (Wildman–Crippen LogP) is 0.962. The number of hydrogen-bond donors (Lipinski definition) is 2. The molecule has 0 aromatic rings. The molecule has 20 heavy (non-hydrogen) atoms. The van der Waals surface area contributed by atoms with Crippen LogP contribution in [-0.4, -0.2) is 41.3 Å². The molecule has 1 aliphatic carbocycles. The van der Waals surface area contributed by atoms with Crippen molar-refractivity contribution in [3.63, 3.8) is 0 Å². The maximum Gasteiger partial charge on any atom is 0.241 e. The van der Waals surface area contributed by atoms with Crippen LogP contribution in [0.4, 0.5) is 0 Å². The minimum Gasteiger partial charge on any atom is -0.392 e. The maximum atomic E-state index is 12.4. The third-order valence-corrected chi connectivity index (χ3v) is 4.86. The number of nitrogens with zero attached hydrogens (tertiary/aromatic N) is 1. The first-order valence-corrected chi connectivity index (χ1v) is 7.83. The second-order valence-electron chi connectivity index (χ2n) is 5.78. The molecule has 112 valence electrons. The Bertz CT molecular complexity index is 399. The second kappa shape index (κ2) is 6.52. The van der Waals surface area contributed by atoms with Gasteiger partial charge < -0.3 is 16.0 Å². The van der Waals surface area contributed by atoms with E-state index in [1.165, 1.54) is 0 Å². The fraction of sp³-hybridized carbons (Fsp3) is 0.786. The van der Waals surface area contributed by atoms with Crippen molar-refractivity contribution in [3.8, 4) is 0 Å². The SMILES string of the molecule is NC(=S)C1(C(=O)NCC(=O)N2CCCC2)CCCCC1. The molecule has 0 spiro atoms. The normalized spacial score (nSPS) is 21.5. The lowest BCUT2D eigenvalue weighted by Gasteiger charge is -2.34. The van der Waals surface area contributed by atoms with Crippen molar-refractivity contribution >= 4 is 29.0 Å². The van der Waals surface area contributed by atoms with Gasteiger partial charge in [0.05, 0.1) is 16.9 Å². The lowest BCUT2D eigenvalue weighted by Crippen LogP contribution is -2.52. The Morgan fingerprint density at radius 2 is 1.70 bits per heavy atom. The molecule has 3 N–H and O–H groups in total. The molecular weight excluding hydrogens is 274 g/mol. The Morgan fingerprint density at radius 3 is 2.25 bits per heavy atom. The van der Waals surface area contributed by atoms with Gasteiger partial charge in [0.25, 0.3) is 0 Å². The summed E-state index contributed by atoms with van der Waals surface area (Å²) in [4.78, 5) is 26.5. The van der Waals surface area contributed by atoms with Crippen LogP contribution in [0.25, 0.3) is 0 Å². The molecule has 0 unspecified atom stereocenters. The second-order valence-corrected chi connectivity index (χ2v) is 6.22. The number of hydrogen-bond acceptors (Lipinski definition) is 3. The van der Waals surface area contributed by atoms with Crippen molar-refractivity contribution in [3.05, 3.63) is 0 Å². The van der Waals surface area contributed by atoms with Gasteiger partial charge in [-0.3, -0.25) is 9.59 Å². The lowest BCUT2D eigenvalue weighted by atomic mass is 9.73. The fourth-order valence-electron chi connectivity index (χ4n) is 3.14. The number of likely N-dealkylation sites (tertiary alicyclic amines) is 1. The minimum absolute atomic E-state index is 0.00949. The Labute approximate surface area is 125 Å². The molecule has 2 rings (SSSR count). The summed E-state index contributed by atoms with van der Waals surface area (Å²) in [5.74, 6) is -0.179. The van der Waals surface area contributed by atoms with Gasteiger partial charge in [0.1, 0.15) is 0 Å². The molecule has 0 radical (unpaired) electrons. The van der Waals surface area contributed by atoms with Crippen molar-refractivity contribution in [2.45, 2.75) is 44.9 Å². The average molecular weight is 297 g/mol. The summed E-state index contributed by atoms with van der Waals surface area (Å²) in [7, 11) is 0. The largest absolute Gasteiger partial charge is 0.392 e. The van der Waals surface area contributed by atoms with Crippen molar-refractivity contribution in [1.29, 1.82) is 0 Å². The third kappa shape index (κ3) is 3.11. The van der Waals surface area contributed by atoms with E-state index in [1.54, 1.807) is 4.90 Å². The number of carbonyl (C=O) groups excluding carboxylic acids is 2. The first kappa shape index (κ1) is 15.2. The summed E-state index contributed by atoms with van der Waals surface area (Å²) in [6.45, 7) is 1.66. The average Bonchev–Trinajstić information content (AvgIpc) is 2.99. The monoisotopic (exact) mass is 297 g/mol. The number of thiocarbonyl (C=S) groups is 1. The van der Waals surface area contributed by atoms with Crippen LogP contribution in [0, 0.1) is 5.41 Å². The van der Waals surface area contributed by atoms with E-state index in [1.807, 2.05) is 0 Å². The molecule has 2 aliphatic rings. The number of nitrogens with one attached hydrogen (secondary N) is 1. The van der Waals surface area contributed by atoms with Crippen molar-refractivity contribution < 1.29 is 9.59 Å². The molecule has 0 atom stereocenters. The molecule has 1 heterocycles. The molecule has 0 bridgehead atoms. The van der Waals surface area contributed by atoms with Crippen molar-refractivity contribution in [2.24, 2.45) is 11.1 Å². The molecule has 6 heteroatoms. The van der Waals surface area contributed by atoms with E-state index >= 15 is 0 Å². The van der Waals surface area contributed by atoms with E-state index in [-0.39, 0.29) is 23.3 Å². The van der Waals surface area contributed by atoms with Gasteiger partial charge in [0, 0.05) is 13.1 Å². The Morgan fingerprint density at radius 1 is 1.10 bits per heavy atom. The molecule has 0 aromatic heterocycles. The number of amides is 2. The highest BCUT2D eigenvalue weighted by Gasteiger charge is 2.42. The van der Waals surface area contributed by atoms with E-state index in [4.69, 9.17) is 18.0 Å². The quantitative estimate of drug-likeness (QED) is 0.758. The van der Waals surface area contributed by atoms with E-state index < -0.39 is 5.41 Å². The number of carbonyl (C=O) groups is 2. The van der Waals surface area contributed by atoms with E-state index in [9.17, 15) is 9.59 Å². The third-order valence-electron chi connectivity index (χ3n) is 4.47. The van der Waals surface area contributed by atoms with Gasteiger partial charge in [-0.15, -0.1) is 0 Å². The van der Waals surface area contributed by atoms with Gasteiger partial charge in [-0.25, -0.2) is 0 Å². The summed E-state index contributed by atoms with van der Waals surface area (Å²) in [5.41, 5.74) is 5.07. The first-order chi connectivity index (χ1) is 9.56. The highest BCUT2D eigenvalue weighted by atomic mass is 32.1. The van der Waals surface area contributed by atoms with Gasteiger partial charge in [-0.2, -0.15) is 0 Å². The highest BCUT2D eigenvalue weighted by molar-refractivity contribution is 7.80. The van der Waals surface area contributed by atoms with Gasteiger partial charge in [-0.1, -0.05) is 31.5 Å². The summed E-state index contributed by atoms with van der Waals surface area (Å²) < 4.78 is 0. The summed E-state index contributed by atoms with van der Waals surface area (Å²) >= 11 is 5.11. The Hall–Kier alpha value is -1.17. The summed E-state index contributed by atoms with van der Waals surface area (Å²) in [5, 5.41) is 2.75.